The number of hydrogen-bond acceptors (Lipinski definition) is 0. The van der Waals surface area contributed by atoms with Crippen molar-refractivity contribution in [1.29, 1.82) is 0 Å². The number of nitrogens with zero attached hydrogens (tertiary/aromatic N) is 1. The van der Waals surface area contributed by atoms with Crippen molar-refractivity contribution < 1.29 is 0 Å². The zero-order chi connectivity index (χ0) is 30.9. The summed E-state index contributed by atoms with van der Waals surface area (Å²) in [6.07, 6.45) is 0. The molecule has 0 atom stereocenters. The molecule has 0 fully saturated rings. The highest BCUT2D eigenvalue weighted by Crippen LogP contribution is 2.39. The maximum absolute atomic E-state index is 2.42. The Morgan fingerprint density at radius 1 is 0.298 bits per heavy atom. The molecule has 0 aliphatic rings. The van der Waals surface area contributed by atoms with Crippen LogP contribution in [0.5, 0.6) is 0 Å². The van der Waals surface area contributed by atoms with Gasteiger partial charge in [0.25, 0.3) is 0 Å². The van der Waals surface area contributed by atoms with Crippen LogP contribution in [0.15, 0.2) is 176 Å². The Kier molecular flexibility index (Phi) is 5.64. The topological polar surface area (TPSA) is 4.93 Å². The molecule has 0 spiro atoms. The minimum Gasteiger partial charge on any atom is -0.309 e. The van der Waals surface area contributed by atoms with Crippen LogP contribution in [0.4, 0.5) is 0 Å². The summed E-state index contributed by atoms with van der Waals surface area (Å²) < 4.78 is 2.42. The van der Waals surface area contributed by atoms with Gasteiger partial charge in [0.05, 0.1) is 11.0 Å². The van der Waals surface area contributed by atoms with E-state index in [1.165, 1.54) is 92.8 Å². The van der Waals surface area contributed by atoms with Gasteiger partial charge in [-0.25, -0.2) is 0 Å². The van der Waals surface area contributed by atoms with Gasteiger partial charge in [0.1, 0.15) is 0 Å². The monoisotopic (exact) mass is 595 g/mol. The van der Waals surface area contributed by atoms with Crippen molar-refractivity contribution in [1.82, 2.24) is 4.57 Å². The van der Waals surface area contributed by atoms with Gasteiger partial charge in [0, 0.05) is 16.5 Å². The minimum atomic E-state index is 1.18. The van der Waals surface area contributed by atoms with Gasteiger partial charge in [-0.3, -0.25) is 0 Å². The molecule has 0 unspecified atom stereocenters. The standard InChI is InChI=1S/C46H29N/c1-2-10-34-28-39(24-22-30(34)8-1)47-44-15-6-5-13-42(44)46-43-29-36(20-18-33(43)23-25-45(46)47)35-19-16-31-17-21-37(27-38(31)26-35)41-14-7-11-32-9-3-4-12-40(32)41/h1-29H. The van der Waals surface area contributed by atoms with Crippen LogP contribution in [-0.4, -0.2) is 4.57 Å². The molecular weight excluding hydrogens is 567 g/mol. The summed E-state index contributed by atoms with van der Waals surface area (Å²) in [6, 6.07) is 64.7. The predicted molar refractivity (Wildman–Crippen MR) is 202 cm³/mol. The van der Waals surface area contributed by atoms with Gasteiger partial charge in [0.2, 0.25) is 0 Å². The molecular formula is C46H29N. The van der Waals surface area contributed by atoms with E-state index in [1.54, 1.807) is 0 Å². The molecule has 0 N–H and O–H groups in total. The molecule has 1 heteroatoms. The van der Waals surface area contributed by atoms with Gasteiger partial charge in [-0.2, -0.15) is 0 Å². The van der Waals surface area contributed by atoms with Gasteiger partial charge >= 0.3 is 0 Å². The number of fused-ring (bicyclic) bond motifs is 8. The van der Waals surface area contributed by atoms with E-state index in [-0.39, 0.29) is 0 Å². The molecule has 0 aliphatic carbocycles. The zero-order valence-corrected chi connectivity index (χ0v) is 25.7. The molecule has 1 aromatic heterocycles. The van der Waals surface area contributed by atoms with Crippen molar-refractivity contribution in [2.45, 2.75) is 0 Å². The van der Waals surface area contributed by atoms with Crippen molar-refractivity contribution >= 4 is 64.9 Å². The fraction of sp³-hybridized carbons (Fsp3) is 0. The summed E-state index contributed by atoms with van der Waals surface area (Å²) in [7, 11) is 0. The van der Waals surface area contributed by atoms with E-state index in [9.17, 15) is 0 Å². The van der Waals surface area contributed by atoms with Crippen LogP contribution in [0.1, 0.15) is 0 Å². The van der Waals surface area contributed by atoms with Gasteiger partial charge < -0.3 is 4.57 Å². The lowest BCUT2D eigenvalue weighted by Crippen LogP contribution is -1.93. The number of benzene rings is 9. The van der Waals surface area contributed by atoms with Gasteiger partial charge in [-0.05, 0) is 108 Å². The molecule has 9 aromatic carbocycles. The summed E-state index contributed by atoms with van der Waals surface area (Å²) >= 11 is 0. The van der Waals surface area contributed by atoms with Gasteiger partial charge in [-0.15, -0.1) is 0 Å². The van der Waals surface area contributed by atoms with Gasteiger partial charge in [0.15, 0.2) is 0 Å². The quantitative estimate of drug-likeness (QED) is 0.191. The first-order valence-electron chi connectivity index (χ1n) is 16.3. The largest absolute Gasteiger partial charge is 0.309 e. The van der Waals surface area contributed by atoms with Crippen LogP contribution in [0.25, 0.3) is 92.8 Å². The molecule has 10 aromatic rings. The third-order valence-electron chi connectivity index (χ3n) is 9.92. The van der Waals surface area contributed by atoms with E-state index < -0.39 is 0 Å². The normalized spacial score (nSPS) is 11.8. The Bertz CT molecular complexity index is 2850. The zero-order valence-electron chi connectivity index (χ0n) is 25.7. The van der Waals surface area contributed by atoms with Crippen LogP contribution < -0.4 is 0 Å². The molecule has 0 saturated carbocycles. The number of hydrogen-bond donors (Lipinski definition) is 0. The Morgan fingerprint density at radius 2 is 0.894 bits per heavy atom. The van der Waals surface area contributed by atoms with E-state index >= 15 is 0 Å². The average Bonchev–Trinajstić information content (AvgIpc) is 3.48. The van der Waals surface area contributed by atoms with E-state index in [0.29, 0.717) is 0 Å². The first kappa shape index (κ1) is 26.1. The molecule has 10 rings (SSSR count). The smallest absolute Gasteiger partial charge is 0.0547 e. The minimum absolute atomic E-state index is 1.18. The summed E-state index contributed by atoms with van der Waals surface area (Å²) in [5.74, 6) is 0. The number of para-hydroxylation sites is 1. The molecule has 47 heavy (non-hydrogen) atoms. The molecule has 0 bridgehead atoms. The fourth-order valence-corrected chi connectivity index (χ4v) is 7.63. The lowest BCUT2D eigenvalue weighted by Gasteiger charge is -2.11. The molecule has 1 heterocycles. The molecule has 0 aliphatic heterocycles. The molecule has 218 valence electrons. The third-order valence-corrected chi connectivity index (χ3v) is 9.92. The second-order valence-corrected chi connectivity index (χ2v) is 12.6. The maximum Gasteiger partial charge on any atom is 0.0547 e. The van der Waals surface area contributed by atoms with E-state index in [1.807, 2.05) is 0 Å². The van der Waals surface area contributed by atoms with E-state index in [2.05, 4.69) is 180 Å². The average molecular weight is 596 g/mol. The van der Waals surface area contributed by atoms with Crippen LogP contribution in [-0.2, 0) is 0 Å². The summed E-state index contributed by atoms with van der Waals surface area (Å²) in [6.45, 7) is 0. The summed E-state index contributed by atoms with van der Waals surface area (Å²) in [4.78, 5) is 0. The highest BCUT2D eigenvalue weighted by Gasteiger charge is 2.16. The second-order valence-electron chi connectivity index (χ2n) is 12.6. The van der Waals surface area contributed by atoms with Crippen molar-refractivity contribution in [2.75, 3.05) is 0 Å². The summed E-state index contributed by atoms with van der Waals surface area (Å²) in [5, 5.41) is 12.7. The van der Waals surface area contributed by atoms with E-state index in [4.69, 9.17) is 0 Å². The van der Waals surface area contributed by atoms with Gasteiger partial charge in [-0.1, -0.05) is 133 Å². The maximum atomic E-state index is 2.42. The van der Waals surface area contributed by atoms with E-state index in [0.717, 1.165) is 0 Å². The number of aromatic nitrogens is 1. The first-order valence-corrected chi connectivity index (χ1v) is 16.3. The van der Waals surface area contributed by atoms with Crippen molar-refractivity contribution in [3.63, 3.8) is 0 Å². The highest BCUT2D eigenvalue weighted by molar-refractivity contribution is 6.22. The number of rotatable bonds is 3. The lowest BCUT2D eigenvalue weighted by atomic mass is 9.94. The molecule has 0 amide bonds. The van der Waals surface area contributed by atoms with Crippen molar-refractivity contribution in [3.8, 4) is 27.9 Å². The second kappa shape index (κ2) is 10.2. The Labute approximate surface area is 272 Å². The Hall–Kier alpha value is -6.18. The van der Waals surface area contributed by atoms with Crippen molar-refractivity contribution in [3.05, 3.63) is 176 Å². The molecule has 0 saturated heterocycles. The SMILES string of the molecule is c1ccc2cc(-n3c4ccccc4c4c5cc(-c6ccc7ccc(-c8cccc9ccccc89)cc7c6)ccc5ccc43)ccc2c1. The third kappa shape index (κ3) is 4.10. The first-order chi connectivity index (χ1) is 23.3. The van der Waals surface area contributed by atoms with Crippen LogP contribution in [0.3, 0.4) is 0 Å². The molecule has 1 nitrogen and oxygen atoms in total. The predicted octanol–water partition coefficient (Wildman–Crippen LogP) is 12.7. The van der Waals surface area contributed by atoms with Crippen LogP contribution in [0.2, 0.25) is 0 Å². The molecule has 0 radical (unpaired) electrons. The Morgan fingerprint density at radius 3 is 1.79 bits per heavy atom. The highest BCUT2D eigenvalue weighted by atomic mass is 15.0. The fourth-order valence-electron chi connectivity index (χ4n) is 7.63. The van der Waals surface area contributed by atoms with Crippen LogP contribution >= 0.6 is 0 Å². The Balaban J connectivity index is 1.16. The summed E-state index contributed by atoms with van der Waals surface area (Å²) in [5.41, 5.74) is 8.60. The lowest BCUT2D eigenvalue weighted by molar-refractivity contribution is 1.19. The van der Waals surface area contributed by atoms with Crippen molar-refractivity contribution in [2.24, 2.45) is 0 Å². The van der Waals surface area contributed by atoms with Crippen LogP contribution in [0, 0.1) is 0 Å².